The lowest BCUT2D eigenvalue weighted by Gasteiger charge is -2.09. The number of nitrogens with zero attached hydrogens (tertiary/aromatic N) is 3. The molecule has 6 nitrogen and oxygen atoms in total. The van der Waals surface area contributed by atoms with Gasteiger partial charge >= 0.3 is 0 Å². The molecule has 3 rings (SSSR count). The molecule has 1 amide bonds. The van der Waals surface area contributed by atoms with Crippen LogP contribution in [0, 0.1) is 6.92 Å². The highest BCUT2D eigenvalue weighted by Gasteiger charge is 2.14. The summed E-state index contributed by atoms with van der Waals surface area (Å²) >= 11 is 7.44. The molecule has 0 aliphatic heterocycles. The first-order valence-electron chi connectivity index (χ1n) is 9.80. The van der Waals surface area contributed by atoms with Crippen LogP contribution in [0.15, 0.2) is 47.6 Å². The van der Waals surface area contributed by atoms with E-state index in [2.05, 4.69) is 22.4 Å². The lowest BCUT2D eigenvalue weighted by molar-refractivity contribution is -0.113. The van der Waals surface area contributed by atoms with Gasteiger partial charge in [-0.2, -0.15) is 0 Å². The number of hydrogen-bond donors (Lipinski definition) is 1. The van der Waals surface area contributed by atoms with Gasteiger partial charge in [0.1, 0.15) is 5.75 Å². The van der Waals surface area contributed by atoms with Crippen LogP contribution in [0.2, 0.25) is 5.02 Å². The Kier molecular flexibility index (Phi) is 7.76. The van der Waals surface area contributed by atoms with Crippen LogP contribution >= 0.6 is 23.4 Å². The molecular weight excluding hydrogens is 420 g/mol. The van der Waals surface area contributed by atoms with Crippen molar-refractivity contribution in [1.29, 1.82) is 0 Å². The highest BCUT2D eigenvalue weighted by atomic mass is 35.5. The molecule has 1 N–H and O–H groups in total. The zero-order chi connectivity index (χ0) is 21.5. The summed E-state index contributed by atoms with van der Waals surface area (Å²) in [4.78, 5) is 12.3. The summed E-state index contributed by atoms with van der Waals surface area (Å²) in [5.41, 5.74) is 2.51. The van der Waals surface area contributed by atoms with Crippen LogP contribution in [0.1, 0.15) is 25.3 Å². The number of ether oxygens (including phenoxy) is 1. The Balaban J connectivity index is 1.60. The Morgan fingerprint density at radius 2 is 1.97 bits per heavy atom. The summed E-state index contributed by atoms with van der Waals surface area (Å²) in [5.74, 6) is 1.69. The second kappa shape index (κ2) is 10.5. The molecule has 8 heteroatoms. The van der Waals surface area contributed by atoms with Crippen molar-refractivity contribution in [3.63, 3.8) is 0 Å². The van der Waals surface area contributed by atoms with Crippen LogP contribution < -0.4 is 10.1 Å². The van der Waals surface area contributed by atoms with Gasteiger partial charge in [0, 0.05) is 23.3 Å². The van der Waals surface area contributed by atoms with Crippen molar-refractivity contribution in [2.45, 2.75) is 31.8 Å². The fourth-order valence-corrected chi connectivity index (χ4v) is 3.67. The van der Waals surface area contributed by atoms with E-state index in [0.717, 1.165) is 42.1 Å². The Hall–Kier alpha value is -2.51. The number of amides is 1. The predicted octanol–water partition coefficient (Wildman–Crippen LogP) is 5.35. The van der Waals surface area contributed by atoms with Gasteiger partial charge in [-0.1, -0.05) is 42.8 Å². The zero-order valence-corrected chi connectivity index (χ0v) is 18.9. The predicted molar refractivity (Wildman–Crippen MR) is 122 cm³/mol. The Bertz CT molecular complexity index is 1000. The van der Waals surface area contributed by atoms with E-state index in [1.54, 1.807) is 6.07 Å². The molecule has 0 fully saturated rings. The van der Waals surface area contributed by atoms with Crippen molar-refractivity contribution in [3.8, 4) is 17.1 Å². The second-order valence-corrected chi connectivity index (χ2v) is 8.19. The minimum Gasteiger partial charge on any atom is -0.494 e. The van der Waals surface area contributed by atoms with Gasteiger partial charge in [0.2, 0.25) is 5.91 Å². The summed E-state index contributed by atoms with van der Waals surface area (Å²) in [6.45, 7) is 4.73. The molecule has 0 radical (unpaired) electrons. The number of halogens is 1. The average molecular weight is 445 g/mol. The monoisotopic (exact) mass is 444 g/mol. The first kappa shape index (κ1) is 22.2. The van der Waals surface area contributed by atoms with Crippen molar-refractivity contribution in [3.05, 3.63) is 53.1 Å². The summed E-state index contributed by atoms with van der Waals surface area (Å²) in [5, 5.41) is 12.7. The maximum absolute atomic E-state index is 12.3. The molecule has 0 aliphatic carbocycles. The minimum absolute atomic E-state index is 0.122. The smallest absolute Gasteiger partial charge is 0.234 e. The highest BCUT2D eigenvalue weighted by Crippen LogP contribution is 2.26. The van der Waals surface area contributed by atoms with Gasteiger partial charge < -0.3 is 14.6 Å². The Morgan fingerprint density at radius 1 is 1.20 bits per heavy atom. The molecule has 0 saturated carbocycles. The molecule has 0 unspecified atom stereocenters. The van der Waals surface area contributed by atoms with Crippen molar-refractivity contribution in [2.75, 3.05) is 17.7 Å². The van der Waals surface area contributed by atoms with Crippen molar-refractivity contribution >= 4 is 35.0 Å². The second-order valence-electron chi connectivity index (χ2n) is 6.84. The summed E-state index contributed by atoms with van der Waals surface area (Å²) in [6.07, 6.45) is 2.14. The summed E-state index contributed by atoms with van der Waals surface area (Å²) < 4.78 is 7.59. The third-order valence-electron chi connectivity index (χ3n) is 4.59. The van der Waals surface area contributed by atoms with Crippen LogP contribution in [0.3, 0.4) is 0 Å². The Labute approximate surface area is 186 Å². The van der Waals surface area contributed by atoms with Crippen molar-refractivity contribution < 1.29 is 9.53 Å². The first-order valence-corrected chi connectivity index (χ1v) is 11.2. The lowest BCUT2D eigenvalue weighted by Crippen LogP contribution is -2.15. The standard InChI is InChI=1S/C22H25ClN4O2S/c1-4-5-13-29-17-11-9-16(10-12-17)21-25-26-22(27(21)3)30-14-20(28)24-19-8-6-7-18(23)15(19)2/h6-12H,4-5,13-14H2,1-3H3,(H,24,28). The maximum atomic E-state index is 12.3. The maximum Gasteiger partial charge on any atom is 0.234 e. The number of hydrogen-bond acceptors (Lipinski definition) is 5. The van der Waals surface area contributed by atoms with Crippen LogP contribution in [0.25, 0.3) is 11.4 Å². The normalized spacial score (nSPS) is 10.8. The van der Waals surface area contributed by atoms with E-state index in [1.165, 1.54) is 11.8 Å². The fourth-order valence-electron chi connectivity index (χ4n) is 2.79. The number of aromatic nitrogens is 3. The van der Waals surface area contributed by atoms with Gasteiger partial charge in [-0.25, -0.2) is 0 Å². The molecule has 158 valence electrons. The van der Waals surface area contributed by atoms with E-state index in [1.807, 2.05) is 54.9 Å². The molecule has 0 aliphatic rings. The number of benzene rings is 2. The summed E-state index contributed by atoms with van der Waals surface area (Å²) in [7, 11) is 1.89. The van der Waals surface area contributed by atoms with Crippen LogP contribution in [-0.4, -0.2) is 33.0 Å². The van der Waals surface area contributed by atoms with E-state index in [9.17, 15) is 4.79 Å². The number of carbonyl (C=O) groups excluding carboxylic acids is 1. The van der Waals surface area contributed by atoms with E-state index < -0.39 is 0 Å². The molecular formula is C22H25ClN4O2S. The van der Waals surface area contributed by atoms with Crippen molar-refractivity contribution in [2.24, 2.45) is 7.05 Å². The molecule has 0 atom stereocenters. The summed E-state index contributed by atoms with van der Waals surface area (Å²) in [6, 6.07) is 13.3. The van der Waals surface area contributed by atoms with Gasteiger partial charge in [-0.3, -0.25) is 4.79 Å². The molecule has 2 aromatic carbocycles. The number of nitrogens with one attached hydrogen (secondary N) is 1. The fraction of sp³-hybridized carbons (Fsp3) is 0.318. The minimum atomic E-state index is -0.122. The van der Waals surface area contributed by atoms with Gasteiger partial charge in [0.25, 0.3) is 0 Å². The lowest BCUT2D eigenvalue weighted by atomic mass is 10.2. The molecule has 1 heterocycles. The largest absolute Gasteiger partial charge is 0.494 e. The number of anilines is 1. The van der Waals surface area contributed by atoms with Gasteiger partial charge in [-0.05, 0) is 55.3 Å². The van der Waals surface area contributed by atoms with E-state index in [-0.39, 0.29) is 11.7 Å². The Morgan fingerprint density at radius 3 is 2.70 bits per heavy atom. The van der Waals surface area contributed by atoms with Gasteiger partial charge in [-0.15, -0.1) is 10.2 Å². The molecule has 0 saturated heterocycles. The van der Waals surface area contributed by atoms with Crippen LogP contribution in [0.5, 0.6) is 5.75 Å². The SMILES string of the molecule is CCCCOc1ccc(-c2nnc(SCC(=O)Nc3cccc(Cl)c3C)n2C)cc1. The van der Waals surface area contributed by atoms with E-state index in [4.69, 9.17) is 16.3 Å². The number of unbranched alkanes of at least 4 members (excludes halogenated alkanes) is 1. The topological polar surface area (TPSA) is 69.0 Å². The molecule has 3 aromatic rings. The highest BCUT2D eigenvalue weighted by molar-refractivity contribution is 7.99. The van der Waals surface area contributed by atoms with Crippen LogP contribution in [-0.2, 0) is 11.8 Å². The van der Waals surface area contributed by atoms with Gasteiger partial charge in [0.15, 0.2) is 11.0 Å². The van der Waals surface area contributed by atoms with E-state index in [0.29, 0.717) is 15.9 Å². The number of thioether (sulfide) groups is 1. The van der Waals surface area contributed by atoms with Gasteiger partial charge in [0.05, 0.1) is 12.4 Å². The number of carbonyl (C=O) groups is 1. The molecule has 0 bridgehead atoms. The molecule has 0 spiro atoms. The van der Waals surface area contributed by atoms with Crippen molar-refractivity contribution in [1.82, 2.24) is 14.8 Å². The first-order chi connectivity index (χ1) is 14.5. The van der Waals surface area contributed by atoms with Crippen LogP contribution in [0.4, 0.5) is 5.69 Å². The van der Waals surface area contributed by atoms with E-state index >= 15 is 0 Å². The molecule has 30 heavy (non-hydrogen) atoms. The quantitative estimate of drug-likeness (QED) is 0.355. The number of rotatable bonds is 9. The average Bonchev–Trinajstić information content (AvgIpc) is 3.11. The zero-order valence-electron chi connectivity index (χ0n) is 17.3. The third-order valence-corrected chi connectivity index (χ3v) is 6.02. The molecule has 1 aromatic heterocycles. The third kappa shape index (κ3) is 5.55.